The Morgan fingerprint density at radius 3 is 2.66 bits per heavy atom. The van der Waals surface area contributed by atoms with Gasteiger partial charge in [-0.1, -0.05) is 18.2 Å². The monoisotopic (exact) mass is 392 g/mol. The van der Waals surface area contributed by atoms with Crippen molar-refractivity contribution in [2.45, 2.75) is 13.8 Å². The average Bonchev–Trinajstić information content (AvgIpc) is 3.25. The molecule has 0 radical (unpaired) electrons. The number of para-hydroxylation sites is 1. The van der Waals surface area contributed by atoms with Crippen molar-refractivity contribution in [3.05, 3.63) is 83.3 Å². The fraction of sp³-hybridized carbons (Fsp3) is 0.136. The first kappa shape index (κ1) is 19.9. The summed E-state index contributed by atoms with van der Waals surface area (Å²) in [4.78, 5) is 24.0. The van der Waals surface area contributed by atoms with E-state index in [2.05, 4.69) is 10.5 Å². The van der Waals surface area contributed by atoms with Crippen LogP contribution >= 0.6 is 0 Å². The summed E-state index contributed by atoms with van der Waals surface area (Å²) in [6, 6.07) is 15.5. The van der Waals surface area contributed by atoms with Crippen LogP contribution < -0.4 is 14.9 Å². The number of aryl methyl sites for hydroxylation is 2. The Hall–Kier alpha value is -3.87. The normalized spacial score (nSPS) is 10.7. The number of esters is 1. The summed E-state index contributed by atoms with van der Waals surface area (Å²) in [5.74, 6) is -0.0413. The molecule has 0 bridgehead atoms. The van der Waals surface area contributed by atoms with Crippen molar-refractivity contribution in [3.63, 3.8) is 0 Å². The lowest BCUT2D eigenvalue weighted by atomic mass is 10.1. The molecule has 0 saturated heterocycles. The van der Waals surface area contributed by atoms with Gasteiger partial charge in [0.15, 0.2) is 6.61 Å². The fourth-order valence-electron chi connectivity index (χ4n) is 2.38. The summed E-state index contributed by atoms with van der Waals surface area (Å²) in [7, 11) is 0. The number of hydrogen-bond acceptors (Lipinski definition) is 6. The number of carbonyl (C=O) groups is 2. The summed E-state index contributed by atoms with van der Waals surface area (Å²) < 4.78 is 15.8. The predicted octanol–water partition coefficient (Wildman–Crippen LogP) is 3.64. The maximum absolute atomic E-state index is 12.0. The summed E-state index contributed by atoms with van der Waals surface area (Å²) in [5, 5.41) is 3.90. The number of carbonyl (C=O) groups excluding carboxylic acids is 2. The summed E-state index contributed by atoms with van der Waals surface area (Å²) >= 11 is 0. The number of nitrogens with one attached hydrogen (secondary N) is 1. The van der Waals surface area contributed by atoms with E-state index in [1.807, 2.05) is 32.0 Å². The zero-order chi connectivity index (χ0) is 20.6. The minimum Gasteiger partial charge on any atom is -0.484 e. The molecule has 0 atom stereocenters. The third-order valence-corrected chi connectivity index (χ3v) is 4.09. The van der Waals surface area contributed by atoms with Crippen molar-refractivity contribution in [3.8, 4) is 11.5 Å². The molecule has 1 amide bonds. The Morgan fingerprint density at radius 1 is 1.07 bits per heavy atom. The minimum atomic E-state index is -0.623. The maximum Gasteiger partial charge on any atom is 0.379 e. The van der Waals surface area contributed by atoms with Crippen LogP contribution in [0.15, 0.2) is 70.4 Å². The van der Waals surface area contributed by atoms with Crippen molar-refractivity contribution in [2.24, 2.45) is 5.10 Å². The van der Waals surface area contributed by atoms with Gasteiger partial charge in [0, 0.05) is 5.56 Å². The second-order valence-corrected chi connectivity index (χ2v) is 6.23. The molecule has 2 aromatic carbocycles. The number of hydrazone groups is 1. The van der Waals surface area contributed by atoms with Gasteiger partial charge in [-0.15, -0.1) is 0 Å². The van der Waals surface area contributed by atoms with Crippen molar-refractivity contribution >= 4 is 18.1 Å². The Bertz CT molecular complexity index is 1030. The van der Waals surface area contributed by atoms with Gasteiger partial charge in [0.1, 0.15) is 11.5 Å². The highest BCUT2D eigenvalue weighted by atomic mass is 16.5. The van der Waals surface area contributed by atoms with Gasteiger partial charge < -0.3 is 13.9 Å². The number of hydrogen-bond donors (Lipinski definition) is 1. The molecule has 7 heteroatoms. The number of rotatable bonds is 7. The van der Waals surface area contributed by atoms with Crippen LogP contribution in [-0.2, 0) is 4.79 Å². The van der Waals surface area contributed by atoms with Crippen LogP contribution in [0.3, 0.4) is 0 Å². The van der Waals surface area contributed by atoms with E-state index in [9.17, 15) is 9.59 Å². The van der Waals surface area contributed by atoms with Gasteiger partial charge >= 0.3 is 5.97 Å². The molecule has 148 valence electrons. The van der Waals surface area contributed by atoms with Gasteiger partial charge in [-0.3, -0.25) is 4.79 Å². The van der Waals surface area contributed by atoms with Gasteiger partial charge in [-0.25, -0.2) is 10.2 Å². The van der Waals surface area contributed by atoms with E-state index in [4.69, 9.17) is 13.9 Å². The first-order valence-electron chi connectivity index (χ1n) is 8.89. The number of nitrogens with zero attached hydrogens (tertiary/aromatic N) is 1. The molecule has 3 rings (SSSR count). The highest BCUT2D eigenvalue weighted by Crippen LogP contribution is 2.18. The molecule has 1 N–H and O–H groups in total. The molecule has 1 aromatic heterocycles. The molecule has 29 heavy (non-hydrogen) atoms. The highest BCUT2D eigenvalue weighted by Gasteiger charge is 2.13. The lowest BCUT2D eigenvalue weighted by molar-refractivity contribution is -0.123. The van der Waals surface area contributed by atoms with Crippen LogP contribution in [-0.4, -0.2) is 24.7 Å². The lowest BCUT2D eigenvalue weighted by Crippen LogP contribution is -2.24. The van der Waals surface area contributed by atoms with E-state index in [1.165, 1.54) is 18.5 Å². The van der Waals surface area contributed by atoms with Crippen LogP contribution in [0.4, 0.5) is 0 Å². The van der Waals surface area contributed by atoms with E-state index in [0.717, 1.165) is 11.1 Å². The number of furan rings is 1. The van der Waals surface area contributed by atoms with Crippen LogP contribution in [0.1, 0.15) is 27.2 Å². The first-order chi connectivity index (χ1) is 14.0. The molecule has 0 spiro atoms. The second kappa shape index (κ2) is 9.36. The van der Waals surface area contributed by atoms with Gasteiger partial charge in [0.2, 0.25) is 5.76 Å². The molecule has 1 heterocycles. The second-order valence-electron chi connectivity index (χ2n) is 6.23. The Kier molecular flexibility index (Phi) is 6.42. The molecule has 3 aromatic rings. The molecule has 7 nitrogen and oxygen atoms in total. The predicted molar refractivity (Wildman–Crippen MR) is 107 cm³/mol. The number of ether oxygens (including phenoxy) is 2. The lowest BCUT2D eigenvalue weighted by Gasteiger charge is -2.07. The van der Waals surface area contributed by atoms with E-state index in [0.29, 0.717) is 17.1 Å². The van der Waals surface area contributed by atoms with E-state index >= 15 is 0 Å². The highest BCUT2D eigenvalue weighted by molar-refractivity contribution is 5.91. The molecule has 0 aliphatic heterocycles. The number of benzene rings is 2. The van der Waals surface area contributed by atoms with Gasteiger partial charge in [0.25, 0.3) is 5.91 Å². The van der Waals surface area contributed by atoms with Crippen LogP contribution in [0, 0.1) is 13.8 Å². The maximum atomic E-state index is 12.0. The van der Waals surface area contributed by atoms with Crippen molar-refractivity contribution in [1.29, 1.82) is 0 Å². The molecular weight excluding hydrogens is 372 g/mol. The van der Waals surface area contributed by atoms with E-state index in [1.54, 1.807) is 30.3 Å². The summed E-state index contributed by atoms with van der Waals surface area (Å²) in [5.41, 5.74) is 5.13. The van der Waals surface area contributed by atoms with E-state index in [-0.39, 0.29) is 12.4 Å². The Morgan fingerprint density at radius 2 is 1.90 bits per heavy atom. The standard InChI is InChI=1S/C22H20N2O5/c1-15-9-10-18(12-16(15)2)28-14-21(25)24-23-13-17-6-3-4-7-19(17)29-22(26)20-8-5-11-27-20/h3-13H,14H2,1-2H3,(H,24,25)/b23-13+. The van der Waals surface area contributed by atoms with E-state index < -0.39 is 11.9 Å². The van der Waals surface area contributed by atoms with Crippen LogP contribution in [0.25, 0.3) is 0 Å². The first-order valence-corrected chi connectivity index (χ1v) is 8.89. The molecule has 0 aliphatic rings. The van der Waals surface area contributed by atoms with Gasteiger partial charge in [0.05, 0.1) is 12.5 Å². The van der Waals surface area contributed by atoms with Crippen LogP contribution in [0.5, 0.6) is 11.5 Å². The topological polar surface area (TPSA) is 90.1 Å². The zero-order valence-electron chi connectivity index (χ0n) is 16.0. The van der Waals surface area contributed by atoms with Crippen molar-refractivity contribution in [1.82, 2.24) is 5.43 Å². The third-order valence-electron chi connectivity index (χ3n) is 4.09. The summed E-state index contributed by atoms with van der Waals surface area (Å²) in [6.45, 7) is 3.81. The fourth-order valence-corrected chi connectivity index (χ4v) is 2.38. The number of amides is 1. The molecule has 0 aliphatic carbocycles. The molecule has 0 saturated carbocycles. The Balaban J connectivity index is 1.55. The smallest absolute Gasteiger partial charge is 0.379 e. The third kappa shape index (κ3) is 5.55. The quantitative estimate of drug-likeness (QED) is 0.287. The largest absolute Gasteiger partial charge is 0.484 e. The Labute approximate surface area is 167 Å². The molecule has 0 unspecified atom stereocenters. The molecule has 0 fully saturated rings. The van der Waals surface area contributed by atoms with Crippen LogP contribution in [0.2, 0.25) is 0 Å². The molecular formula is C22H20N2O5. The SMILES string of the molecule is Cc1ccc(OCC(=O)N/N=C/c2ccccc2OC(=O)c2ccco2)cc1C. The van der Waals surface area contributed by atoms with Crippen molar-refractivity contribution in [2.75, 3.05) is 6.61 Å². The van der Waals surface area contributed by atoms with Gasteiger partial charge in [-0.05, 0) is 61.4 Å². The average molecular weight is 392 g/mol. The zero-order valence-corrected chi connectivity index (χ0v) is 16.0. The van der Waals surface area contributed by atoms with Crippen molar-refractivity contribution < 1.29 is 23.5 Å². The summed E-state index contributed by atoms with van der Waals surface area (Å²) in [6.07, 6.45) is 2.78. The minimum absolute atomic E-state index is 0.0912. The van der Waals surface area contributed by atoms with Gasteiger partial charge in [-0.2, -0.15) is 5.10 Å².